The maximum absolute atomic E-state index is 8.77. The van der Waals surface area contributed by atoms with Crippen LogP contribution in [0.4, 0.5) is 0 Å². The van der Waals surface area contributed by atoms with Gasteiger partial charge in [0.05, 0.1) is 6.61 Å². The summed E-state index contributed by atoms with van der Waals surface area (Å²) in [6, 6.07) is 12.8. The zero-order chi connectivity index (χ0) is 11.1. The highest BCUT2D eigenvalue weighted by atomic mass is 16.5. The lowest BCUT2D eigenvalue weighted by Crippen LogP contribution is -1.95. The smallest absolute Gasteiger partial charge is 0.172 e. The van der Waals surface area contributed by atoms with Crippen LogP contribution in [0.25, 0.3) is 5.76 Å². The number of allylic oxidation sites excluding steroid dienone is 1. The van der Waals surface area contributed by atoms with E-state index >= 15 is 0 Å². The van der Waals surface area contributed by atoms with E-state index < -0.39 is 0 Å². The third kappa shape index (κ3) is 2.59. The number of hydrogen-bond donors (Lipinski definition) is 0. The van der Waals surface area contributed by atoms with E-state index in [1.165, 1.54) is 0 Å². The van der Waals surface area contributed by atoms with Crippen LogP contribution in [-0.2, 0) is 4.74 Å². The van der Waals surface area contributed by atoms with Crippen molar-refractivity contribution in [1.82, 2.24) is 0 Å². The molecule has 0 N–H and O–H groups in total. The largest absolute Gasteiger partial charge is 0.491 e. The minimum absolute atomic E-state index is 0.00282. The lowest BCUT2D eigenvalue weighted by Gasteiger charge is -2.07. The van der Waals surface area contributed by atoms with Gasteiger partial charge in [0, 0.05) is 5.56 Å². The van der Waals surface area contributed by atoms with Crippen LogP contribution in [0.15, 0.2) is 35.9 Å². The Labute approximate surface area is 88.8 Å². The van der Waals surface area contributed by atoms with Gasteiger partial charge in [-0.1, -0.05) is 30.3 Å². The van der Waals surface area contributed by atoms with Crippen LogP contribution in [0, 0.1) is 22.7 Å². The molecule has 0 fully saturated rings. The fourth-order valence-electron chi connectivity index (χ4n) is 1.16. The van der Waals surface area contributed by atoms with Gasteiger partial charge in [-0.05, 0) is 6.92 Å². The number of rotatable bonds is 3. The molecule has 0 atom stereocenters. The summed E-state index contributed by atoms with van der Waals surface area (Å²) in [6.07, 6.45) is 0. The SMILES string of the molecule is CCOC(=C(C#N)C#N)c1ccccc1. The van der Waals surface area contributed by atoms with Gasteiger partial charge in [-0.15, -0.1) is 0 Å². The lowest BCUT2D eigenvalue weighted by molar-refractivity contribution is 0.297. The predicted octanol–water partition coefficient (Wildman–Crippen LogP) is 2.48. The molecule has 0 saturated carbocycles. The van der Waals surface area contributed by atoms with Crippen molar-refractivity contribution >= 4 is 5.76 Å². The Hall–Kier alpha value is -2.26. The van der Waals surface area contributed by atoms with Gasteiger partial charge in [0.2, 0.25) is 0 Å². The zero-order valence-electron chi connectivity index (χ0n) is 8.40. The maximum Gasteiger partial charge on any atom is 0.172 e. The number of ether oxygens (including phenoxy) is 1. The van der Waals surface area contributed by atoms with Crippen molar-refractivity contribution in [2.45, 2.75) is 6.92 Å². The Morgan fingerprint density at radius 3 is 2.27 bits per heavy atom. The Morgan fingerprint density at radius 1 is 1.20 bits per heavy atom. The van der Waals surface area contributed by atoms with Crippen LogP contribution < -0.4 is 0 Å². The van der Waals surface area contributed by atoms with Crippen molar-refractivity contribution in [3.8, 4) is 12.1 Å². The second kappa shape index (κ2) is 5.47. The third-order valence-corrected chi connectivity index (χ3v) is 1.78. The van der Waals surface area contributed by atoms with Gasteiger partial charge in [-0.2, -0.15) is 10.5 Å². The first-order chi connectivity index (χ1) is 7.33. The average molecular weight is 198 g/mol. The van der Waals surface area contributed by atoms with E-state index in [0.29, 0.717) is 12.4 Å². The van der Waals surface area contributed by atoms with Gasteiger partial charge in [0.1, 0.15) is 12.1 Å². The molecule has 74 valence electrons. The molecule has 0 aliphatic carbocycles. The van der Waals surface area contributed by atoms with E-state index in [-0.39, 0.29) is 5.57 Å². The average Bonchev–Trinajstić information content (AvgIpc) is 2.30. The summed E-state index contributed by atoms with van der Waals surface area (Å²) in [6.45, 7) is 2.24. The molecule has 0 saturated heterocycles. The summed E-state index contributed by atoms with van der Waals surface area (Å²) in [7, 11) is 0. The first-order valence-electron chi connectivity index (χ1n) is 4.56. The number of nitriles is 2. The highest BCUT2D eigenvalue weighted by Gasteiger charge is 2.09. The first-order valence-corrected chi connectivity index (χ1v) is 4.56. The van der Waals surface area contributed by atoms with Crippen LogP contribution >= 0.6 is 0 Å². The second-order valence-corrected chi connectivity index (χ2v) is 2.73. The van der Waals surface area contributed by atoms with E-state index in [9.17, 15) is 0 Å². The molecule has 0 aliphatic rings. The summed E-state index contributed by atoms with van der Waals surface area (Å²) in [5.74, 6) is 0.350. The topological polar surface area (TPSA) is 56.8 Å². The normalized spacial score (nSPS) is 8.47. The van der Waals surface area contributed by atoms with Crippen LogP contribution in [0.3, 0.4) is 0 Å². The van der Waals surface area contributed by atoms with Gasteiger partial charge in [-0.25, -0.2) is 0 Å². The summed E-state index contributed by atoms with van der Waals surface area (Å²) >= 11 is 0. The molecule has 3 heteroatoms. The van der Waals surface area contributed by atoms with Crippen molar-refractivity contribution in [2.75, 3.05) is 6.61 Å². The van der Waals surface area contributed by atoms with E-state index in [1.54, 1.807) is 12.1 Å². The molecule has 0 aromatic heterocycles. The predicted molar refractivity (Wildman–Crippen MR) is 56.2 cm³/mol. The fourth-order valence-corrected chi connectivity index (χ4v) is 1.16. The van der Waals surface area contributed by atoms with Crippen molar-refractivity contribution in [2.24, 2.45) is 0 Å². The molecular weight excluding hydrogens is 188 g/mol. The van der Waals surface area contributed by atoms with Gasteiger partial charge >= 0.3 is 0 Å². The highest BCUT2D eigenvalue weighted by Crippen LogP contribution is 2.19. The van der Waals surface area contributed by atoms with Gasteiger partial charge in [-0.3, -0.25) is 0 Å². The zero-order valence-corrected chi connectivity index (χ0v) is 8.40. The van der Waals surface area contributed by atoms with Gasteiger partial charge < -0.3 is 4.74 Å². The number of nitrogens with zero attached hydrogens (tertiary/aromatic N) is 2. The Kier molecular flexibility index (Phi) is 3.94. The standard InChI is InChI=1S/C12H10N2O/c1-2-15-12(11(8-13)9-14)10-6-4-3-5-7-10/h3-7H,2H2,1H3. The summed E-state index contributed by atoms with van der Waals surface area (Å²) < 4.78 is 5.31. The van der Waals surface area contributed by atoms with Crippen molar-refractivity contribution in [1.29, 1.82) is 10.5 Å². The molecule has 1 aromatic carbocycles. The van der Waals surface area contributed by atoms with Gasteiger partial charge in [0.15, 0.2) is 11.3 Å². The van der Waals surface area contributed by atoms with Crippen molar-refractivity contribution < 1.29 is 4.74 Å². The third-order valence-electron chi connectivity index (χ3n) is 1.78. The maximum atomic E-state index is 8.77. The Morgan fingerprint density at radius 2 is 1.80 bits per heavy atom. The Balaban J connectivity index is 3.22. The molecule has 0 aliphatic heterocycles. The molecule has 0 spiro atoms. The van der Waals surface area contributed by atoms with Gasteiger partial charge in [0.25, 0.3) is 0 Å². The summed E-state index contributed by atoms with van der Waals surface area (Å²) in [5, 5.41) is 17.5. The molecule has 1 rings (SSSR count). The van der Waals surface area contributed by atoms with E-state index in [1.807, 2.05) is 37.3 Å². The lowest BCUT2D eigenvalue weighted by atomic mass is 10.1. The van der Waals surface area contributed by atoms with Crippen LogP contribution in [-0.4, -0.2) is 6.61 Å². The minimum Gasteiger partial charge on any atom is -0.491 e. The molecule has 1 aromatic rings. The van der Waals surface area contributed by atoms with E-state index in [4.69, 9.17) is 15.3 Å². The molecule has 0 unspecified atom stereocenters. The molecule has 15 heavy (non-hydrogen) atoms. The quantitative estimate of drug-likeness (QED) is 0.553. The molecule has 0 bridgehead atoms. The Bertz CT molecular complexity index is 419. The van der Waals surface area contributed by atoms with Crippen LogP contribution in [0.5, 0.6) is 0 Å². The molecule has 3 nitrogen and oxygen atoms in total. The summed E-state index contributed by atoms with van der Waals surface area (Å²) in [4.78, 5) is 0. The van der Waals surface area contributed by atoms with Crippen molar-refractivity contribution in [3.63, 3.8) is 0 Å². The van der Waals surface area contributed by atoms with Crippen molar-refractivity contribution in [3.05, 3.63) is 41.5 Å². The minimum atomic E-state index is 0.00282. The monoisotopic (exact) mass is 198 g/mol. The fraction of sp³-hybridized carbons (Fsp3) is 0.167. The molecule has 0 heterocycles. The summed E-state index contributed by atoms with van der Waals surface area (Å²) in [5.41, 5.74) is 0.750. The number of benzene rings is 1. The van der Waals surface area contributed by atoms with Crippen LogP contribution in [0.1, 0.15) is 12.5 Å². The van der Waals surface area contributed by atoms with Crippen LogP contribution in [0.2, 0.25) is 0 Å². The number of hydrogen-bond acceptors (Lipinski definition) is 3. The van der Waals surface area contributed by atoms with E-state index in [0.717, 1.165) is 5.56 Å². The molecule has 0 amide bonds. The highest BCUT2D eigenvalue weighted by molar-refractivity contribution is 5.70. The first kappa shape index (κ1) is 10.8. The van der Waals surface area contributed by atoms with E-state index in [2.05, 4.69) is 0 Å². The molecule has 0 radical (unpaired) electrons. The second-order valence-electron chi connectivity index (χ2n) is 2.73. The molecular formula is C12H10N2O.